The van der Waals surface area contributed by atoms with Crippen LogP contribution in [0.2, 0.25) is 0 Å². The van der Waals surface area contributed by atoms with E-state index in [0.717, 1.165) is 18.4 Å². The van der Waals surface area contributed by atoms with Crippen molar-refractivity contribution < 1.29 is 0 Å². The number of aliphatic imine (C=N–C) groups is 1. The first-order valence-electron chi connectivity index (χ1n) is 7.83. The summed E-state index contributed by atoms with van der Waals surface area (Å²) in [5.74, 6) is 1.63. The molecule has 0 amide bonds. The minimum atomic E-state index is 0.412. The molecule has 1 N–H and O–H groups in total. The average molecular weight is 282 g/mol. The molecule has 1 fully saturated rings. The van der Waals surface area contributed by atoms with Crippen molar-refractivity contribution in [1.82, 2.24) is 5.32 Å². The summed E-state index contributed by atoms with van der Waals surface area (Å²) in [5.41, 5.74) is 0.412. The third-order valence-corrected chi connectivity index (χ3v) is 5.69. The van der Waals surface area contributed by atoms with Gasteiger partial charge in [-0.05, 0) is 30.1 Å². The Morgan fingerprint density at radius 3 is 2.68 bits per heavy atom. The summed E-state index contributed by atoms with van der Waals surface area (Å²) in [4.78, 5) is 4.72. The Kier molecular flexibility index (Phi) is 4.86. The number of nitrogens with zero attached hydrogens (tertiary/aromatic N) is 1. The number of rotatable bonds is 2. The molecule has 1 aliphatic carbocycles. The molecule has 4 unspecified atom stereocenters. The SMILES string of the molecule is CC1CCCC(NC2=NCC(CC(C)(C)C)S2)C1C. The molecule has 0 radical (unpaired) electrons. The zero-order valence-electron chi connectivity index (χ0n) is 13.2. The summed E-state index contributed by atoms with van der Waals surface area (Å²) in [5, 5.41) is 5.61. The van der Waals surface area contributed by atoms with Crippen LogP contribution in [-0.2, 0) is 0 Å². The van der Waals surface area contributed by atoms with E-state index in [1.807, 2.05) is 11.8 Å². The van der Waals surface area contributed by atoms with Crippen molar-refractivity contribution >= 4 is 16.9 Å². The van der Waals surface area contributed by atoms with E-state index in [9.17, 15) is 0 Å². The van der Waals surface area contributed by atoms with Gasteiger partial charge in [0.15, 0.2) is 5.17 Å². The van der Waals surface area contributed by atoms with Crippen LogP contribution in [0.4, 0.5) is 0 Å². The first kappa shape index (κ1) is 15.2. The van der Waals surface area contributed by atoms with E-state index in [-0.39, 0.29) is 0 Å². The molecule has 0 spiro atoms. The Bertz CT molecular complexity index is 332. The van der Waals surface area contributed by atoms with Crippen LogP contribution in [0.25, 0.3) is 0 Å². The molecule has 0 aromatic carbocycles. The molecular formula is C16H30N2S. The van der Waals surface area contributed by atoms with Crippen molar-refractivity contribution in [3.63, 3.8) is 0 Å². The summed E-state index contributed by atoms with van der Waals surface area (Å²) in [6, 6.07) is 0.642. The predicted octanol–water partition coefficient (Wildman–Crippen LogP) is 4.31. The minimum Gasteiger partial charge on any atom is -0.362 e. The fourth-order valence-corrected chi connectivity index (χ4v) is 4.65. The molecule has 0 saturated heterocycles. The van der Waals surface area contributed by atoms with Gasteiger partial charge >= 0.3 is 0 Å². The van der Waals surface area contributed by atoms with Gasteiger partial charge in [-0.15, -0.1) is 0 Å². The first-order chi connectivity index (χ1) is 8.85. The van der Waals surface area contributed by atoms with Crippen LogP contribution in [-0.4, -0.2) is 23.0 Å². The fraction of sp³-hybridized carbons (Fsp3) is 0.938. The van der Waals surface area contributed by atoms with Gasteiger partial charge in [-0.1, -0.05) is 59.2 Å². The van der Waals surface area contributed by atoms with Gasteiger partial charge in [0.1, 0.15) is 0 Å². The average Bonchev–Trinajstić information content (AvgIpc) is 2.70. The predicted molar refractivity (Wildman–Crippen MR) is 86.9 cm³/mol. The van der Waals surface area contributed by atoms with Gasteiger partial charge in [0, 0.05) is 11.3 Å². The molecule has 1 saturated carbocycles. The summed E-state index contributed by atoms with van der Waals surface area (Å²) < 4.78 is 0. The fourth-order valence-electron chi connectivity index (χ4n) is 3.23. The zero-order valence-corrected chi connectivity index (χ0v) is 14.0. The van der Waals surface area contributed by atoms with Crippen molar-refractivity contribution in [3.8, 4) is 0 Å². The quantitative estimate of drug-likeness (QED) is 0.816. The van der Waals surface area contributed by atoms with E-state index in [4.69, 9.17) is 4.99 Å². The van der Waals surface area contributed by atoms with Gasteiger partial charge in [-0.3, -0.25) is 4.99 Å². The zero-order chi connectivity index (χ0) is 14.0. The minimum absolute atomic E-state index is 0.412. The van der Waals surface area contributed by atoms with Crippen LogP contribution < -0.4 is 5.32 Å². The largest absolute Gasteiger partial charge is 0.362 e. The standard InChI is InChI=1S/C16H30N2S/c1-11-7-6-8-14(12(11)2)18-15-17-10-13(19-15)9-16(3,4)5/h11-14H,6-10H2,1-5H3,(H,17,18). The van der Waals surface area contributed by atoms with Crippen LogP contribution in [0.5, 0.6) is 0 Å². The highest BCUT2D eigenvalue weighted by molar-refractivity contribution is 8.14. The van der Waals surface area contributed by atoms with Gasteiger partial charge < -0.3 is 5.32 Å². The molecular weight excluding hydrogens is 252 g/mol. The third-order valence-electron chi connectivity index (χ3n) is 4.57. The van der Waals surface area contributed by atoms with Gasteiger partial charge in [0.05, 0.1) is 6.54 Å². The number of amidine groups is 1. The molecule has 0 aromatic rings. The number of hydrogen-bond donors (Lipinski definition) is 1. The van der Waals surface area contributed by atoms with Crippen LogP contribution in [0.1, 0.15) is 60.3 Å². The molecule has 3 heteroatoms. The number of thioether (sulfide) groups is 1. The van der Waals surface area contributed by atoms with Gasteiger partial charge in [-0.25, -0.2) is 0 Å². The Hall–Kier alpha value is -0.180. The lowest BCUT2D eigenvalue weighted by molar-refractivity contribution is 0.225. The van der Waals surface area contributed by atoms with Gasteiger partial charge in [0.2, 0.25) is 0 Å². The molecule has 0 aromatic heterocycles. The van der Waals surface area contributed by atoms with E-state index in [0.29, 0.717) is 16.7 Å². The third kappa shape index (κ3) is 4.40. The van der Waals surface area contributed by atoms with Crippen LogP contribution in [0.3, 0.4) is 0 Å². The normalized spacial score (nSPS) is 36.2. The molecule has 2 aliphatic rings. The smallest absolute Gasteiger partial charge is 0.157 e. The Labute approximate surface area is 123 Å². The maximum Gasteiger partial charge on any atom is 0.157 e. The summed E-state index contributed by atoms with van der Waals surface area (Å²) >= 11 is 1.97. The maximum absolute atomic E-state index is 4.72. The highest BCUT2D eigenvalue weighted by Crippen LogP contribution is 2.34. The molecule has 0 bridgehead atoms. The lowest BCUT2D eigenvalue weighted by Gasteiger charge is -2.35. The van der Waals surface area contributed by atoms with Crippen molar-refractivity contribution in [2.24, 2.45) is 22.2 Å². The second-order valence-electron chi connectivity index (χ2n) is 7.67. The van der Waals surface area contributed by atoms with E-state index < -0.39 is 0 Å². The highest BCUT2D eigenvalue weighted by Gasteiger charge is 2.30. The second-order valence-corrected chi connectivity index (χ2v) is 8.96. The van der Waals surface area contributed by atoms with Gasteiger partial charge in [-0.2, -0.15) is 0 Å². The van der Waals surface area contributed by atoms with Gasteiger partial charge in [0.25, 0.3) is 0 Å². The molecule has 1 heterocycles. The van der Waals surface area contributed by atoms with Crippen molar-refractivity contribution in [2.75, 3.05) is 6.54 Å². The lowest BCUT2D eigenvalue weighted by Crippen LogP contribution is -2.42. The van der Waals surface area contributed by atoms with E-state index in [2.05, 4.69) is 39.9 Å². The molecule has 19 heavy (non-hydrogen) atoms. The highest BCUT2D eigenvalue weighted by atomic mass is 32.2. The van der Waals surface area contributed by atoms with Crippen LogP contribution in [0.15, 0.2) is 4.99 Å². The monoisotopic (exact) mass is 282 g/mol. The summed E-state index contributed by atoms with van der Waals surface area (Å²) in [6.07, 6.45) is 5.33. The Morgan fingerprint density at radius 2 is 2.00 bits per heavy atom. The van der Waals surface area contributed by atoms with E-state index in [1.165, 1.54) is 30.9 Å². The maximum atomic E-state index is 4.72. The van der Waals surface area contributed by atoms with E-state index in [1.54, 1.807) is 0 Å². The molecule has 2 nitrogen and oxygen atoms in total. The Morgan fingerprint density at radius 1 is 1.26 bits per heavy atom. The molecule has 2 rings (SSSR count). The van der Waals surface area contributed by atoms with Crippen molar-refractivity contribution in [2.45, 2.75) is 71.6 Å². The Balaban J connectivity index is 1.81. The summed E-state index contributed by atoms with van der Waals surface area (Å²) in [6.45, 7) is 12.8. The molecule has 110 valence electrons. The van der Waals surface area contributed by atoms with Crippen molar-refractivity contribution in [1.29, 1.82) is 0 Å². The summed E-state index contributed by atoms with van der Waals surface area (Å²) in [7, 11) is 0. The number of hydrogen-bond acceptors (Lipinski definition) is 3. The van der Waals surface area contributed by atoms with Crippen LogP contribution in [0, 0.1) is 17.3 Å². The molecule has 4 atom stereocenters. The second kappa shape index (κ2) is 6.07. The lowest BCUT2D eigenvalue weighted by atomic mass is 9.78. The first-order valence-corrected chi connectivity index (χ1v) is 8.71. The molecule has 1 aliphatic heterocycles. The van der Waals surface area contributed by atoms with Crippen molar-refractivity contribution in [3.05, 3.63) is 0 Å². The van der Waals surface area contributed by atoms with E-state index >= 15 is 0 Å². The van der Waals surface area contributed by atoms with Crippen LogP contribution >= 0.6 is 11.8 Å². The topological polar surface area (TPSA) is 24.4 Å². The number of nitrogens with one attached hydrogen (secondary N) is 1.